The van der Waals surface area contributed by atoms with E-state index in [4.69, 9.17) is 9.47 Å². The van der Waals surface area contributed by atoms with Crippen LogP contribution in [0.3, 0.4) is 0 Å². The van der Waals surface area contributed by atoms with Crippen molar-refractivity contribution in [2.24, 2.45) is 0 Å². The number of fused-ring (bicyclic) bond motifs is 1. The van der Waals surface area contributed by atoms with E-state index in [1.807, 2.05) is 62.3 Å². The largest absolute Gasteiger partial charge is 0.497 e. The van der Waals surface area contributed by atoms with E-state index >= 15 is 0 Å². The van der Waals surface area contributed by atoms with Gasteiger partial charge in [-0.05, 0) is 38.2 Å². The summed E-state index contributed by atoms with van der Waals surface area (Å²) in [5.74, 6) is 1.08. The minimum atomic E-state index is -1.15. The molecule has 3 aromatic rings. The Labute approximate surface area is 209 Å². The van der Waals surface area contributed by atoms with E-state index in [2.05, 4.69) is 20.3 Å². The van der Waals surface area contributed by atoms with E-state index in [9.17, 15) is 15.0 Å². The molecule has 2 aromatic heterocycles. The number of ether oxygens (including phenoxy) is 2. The first kappa shape index (κ1) is 25.8. The van der Waals surface area contributed by atoms with Crippen molar-refractivity contribution in [2.45, 2.75) is 36.9 Å². The molecule has 0 spiro atoms. The van der Waals surface area contributed by atoms with Crippen LogP contribution in [0.1, 0.15) is 11.8 Å². The number of carbonyl (C=O) groups excluding carboxylic acids is 1. The molecular formula is C24H33N7O5. The summed E-state index contributed by atoms with van der Waals surface area (Å²) in [6.45, 7) is -0.381. The molecule has 5 atom stereocenters. The summed E-state index contributed by atoms with van der Waals surface area (Å²) in [5, 5.41) is 24.1. The first-order valence-corrected chi connectivity index (χ1v) is 11.6. The number of amides is 1. The fourth-order valence-corrected chi connectivity index (χ4v) is 4.41. The Morgan fingerprint density at radius 1 is 1.19 bits per heavy atom. The number of rotatable bonds is 9. The molecule has 1 fully saturated rings. The molecule has 0 unspecified atom stereocenters. The maximum atomic E-state index is 13.3. The molecule has 1 aliphatic rings. The van der Waals surface area contributed by atoms with Gasteiger partial charge in [-0.25, -0.2) is 15.0 Å². The number of hydrogen-bond acceptors (Lipinski definition) is 10. The van der Waals surface area contributed by atoms with Gasteiger partial charge in [-0.15, -0.1) is 0 Å². The molecule has 1 aromatic carbocycles. The smallest absolute Gasteiger partial charge is 0.238 e. The van der Waals surface area contributed by atoms with Crippen molar-refractivity contribution in [3.63, 3.8) is 0 Å². The Morgan fingerprint density at radius 2 is 1.92 bits per heavy atom. The van der Waals surface area contributed by atoms with E-state index < -0.39 is 30.5 Å². The standard InChI is InChI=1S/C24H33N7O5/c1-29(2)16(10-14-6-8-15(35-5)9-7-14)23(34)28-18-17(11-32)36-24(20(18)33)31-13-27-19-21(30(3)4)25-12-26-22(19)31/h6-9,12-13,16-18,20,24,32-33H,10-11H2,1-5H3,(H,28,34)/t16-,17+,18+,20+,24+/m0/s1. The van der Waals surface area contributed by atoms with Crippen LogP contribution in [0.15, 0.2) is 36.9 Å². The highest BCUT2D eigenvalue weighted by Gasteiger charge is 2.46. The van der Waals surface area contributed by atoms with Crippen molar-refractivity contribution in [1.82, 2.24) is 29.7 Å². The van der Waals surface area contributed by atoms with Gasteiger partial charge in [-0.3, -0.25) is 14.3 Å². The van der Waals surface area contributed by atoms with E-state index in [1.165, 1.54) is 12.7 Å². The second-order valence-electron chi connectivity index (χ2n) is 9.22. The summed E-state index contributed by atoms with van der Waals surface area (Å²) >= 11 is 0. The lowest BCUT2D eigenvalue weighted by Crippen LogP contribution is -2.54. The zero-order chi connectivity index (χ0) is 26.0. The van der Waals surface area contributed by atoms with Crippen molar-refractivity contribution >= 4 is 22.9 Å². The number of aliphatic hydroxyl groups is 2. The average molecular weight is 500 g/mol. The van der Waals surface area contributed by atoms with E-state index in [0.717, 1.165) is 11.3 Å². The van der Waals surface area contributed by atoms with Crippen LogP contribution in [-0.4, -0.2) is 107 Å². The average Bonchev–Trinajstić information content (AvgIpc) is 3.43. The number of aromatic nitrogens is 4. The highest BCUT2D eigenvalue weighted by molar-refractivity contribution is 5.83. The third-order valence-electron chi connectivity index (χ3n) is 6.42. The molecule has 4 rings (SSSR count). The van der Waals surface area contributed by atoms with Crippen LogP contribution in [-0.2, 0) is 16.0 Å². The summed E-state index contributed by atoms with van der Waals surface area (Å²) in [5.41, 5.74) is 2.00. The van der Waals surface area contributed by atoms with Gasteiger partial charge in [0.2, 0.25) is 5.91 Å². The van der Waals surface area contributed by atoms with Crippen LogP contribution in [0.4, 0.5) is 5.82 Å². The number of carbonyl (C=O) groups is 1. The lowest BCUT2D eigenvalue weighted by molar-refractivity contribution is -0.127. The maximum Gasteiger partial charge on any atom is 0.238 e. The van der Waals surface area contributed by atoms with Crippen LogP contribution in [0.2, 0.25) is 0 Å². The normalized spacial score (nSPS) is 22.7. The molecule has 1 aliphatic heterocycles. The zero-order valence-electron chi connectivity index (χ0n) is 21.1. The van der Waals surface area contributed by atoms with Crippen molar-refractivity contribution in [2.75, 3.05) is 46.8 Å². The van der Waals surface area contributed by atoms with Crippen LogP contribution in [0.5, 0.6) is 5.75 Å². The number of anilines is 1. The van der Waals surface area contributed by atoms with E-state index in [1.54, 1.807) is 11.7 Å². The third-order valence-corrected chi connectivity index (χ3v) is 6.42. The molecule has 36 heavy (non-hydrogen) atoms. The summed E-state index contributed by atoms with van der Waals surface area (Å²) in [4.78, 5) is 29.9. The Bertz CT molecular complexity index is 1180. The van der Waals surface area contributed by atoms with Gasteiger partial charge in [-0.2, -0.15) is 0 Å². The monoisotopic (exact) mass is 499 g/mol. The van der Waals surface area contributed by atoms with Crippen molar-refractivity contribution in [3.8, 4) is 5.75 Å². The Kier molecular flexibility index (Phi) is 7.69. The third kappa shape index (κ3) is 4.98. The number of imidazole rings is 1. The molecule has 194 valence electrons. The first-order chi connectivity index (χ1) is 17.2. The van der Waals surface area contributed by atoms with E-state index in [0.29, 0.717) is 23.4 Å². The Hall–Kier alpha value is -3.32. The minimum absolute atomic E-state index is 0.282. The van der Waals surface area contributed by atoms with Gasteiger partial charge in [0.15, 0.2) is 23.2 Å². The second kappa shape index (κ2) is 10.7. The predicted octanol–water partition coefficient (Wildman–Crippen LogP) is -0.191. The summed E-state index contributed by atoms with van der Waals surface area (Å²) in [6.07, 6.45) is 0.527. The fourth-order valence-electron chi connectivity index (χ4n) is 4.41. The van der Waals surface area contributed by atoms with E-state index in [-0.39, 0.29) is 12.5 Å². The van der Waals surface area contributed by atoms with Crippen LogP contribution in [0.25, 0.3) is 11.2 Å². The van der Waals surface area contributed by atoms with Crippen LogP contribution < -0.4 is 15.0 Å². The molecule has 1 amide bonds. The van der Waals surface area contributed by atoms with Gasteiger partial charge in [-0.1, -0.05) is 12.1 Å². The van der Waals surface area contributed by atoms with Crippen LogP contribution >= 0.6 is 0 Å². The molecule has 0 bridgehead atoms. The van der Waals surface area contributed by atoms with Crippen molar-refractivity contribution < 1.29 is 24.5 Å². The first-order valence-electron chi connectivity index (χ1n) is 11.6. The molecule has 0 saturated carbocycles. The lowest BCUT2D eigenvalue weighted by atomic mass is 10.0. The number of nitrogens with zero attached hydrogens (tertiary/aromatic N) is 6. The fraction of sp³-hybridized carbons (Fsp3) is 0.500. The van der Waals surface area contributed by atoms with Crippen LogP contribution in [0, 0.1) is 0 Å². The van der Waals surface area contributed by atoms with Gasteiger partial charge in [0.1, 0.15) is 24.3 Å². The Morgan fingerprint density at radius 3 is 2.53 bits per heavy atom. The predicted molar refractivity (Wildman–Crippen MR) is 133 cm³/mol. The number of aliphatic hydroxyl groups excluding tert-OH is 2. The van der Waals surface area contributed by atoms with Gasteiger partial charge in [0, 0.05) is 14.1 Å². The van der Waals surface area contributed by atoms with Crippen molar-refractivity contribution in [3.05, 3.63) is 42.5 Å². The van der Waals surface area contributed by atoms with Gasteiger partial charge >= 0.3 is 0 Å². The summed E-state index contributed by atoms with van der Waals surface area (Å²) in [7, 11) is 8.94. The maximum absolute atomic E-state index is 13.3. The number of benzene rings is 1. The second-order valence-corrected chi connectivity index (χ2v) is 9.22. The molecule has 12 nitrogen and oxygen atoms in total. The molecular weight excluding hydrogens is 466 g/mol. The highest BCUT2D eigenvalue weighted by atomic mass is 16.5. The molecule has 1 saturated heterocycles. The number of nitrogens with one attached hydrogen (secondary N) is 1. The minimum Gasteiger partial charge on any atom is -0.497 e. The van der Waals surface area contributed by atoms with Gasteiger partial charge < -0.3 is 29.9 Å². The number of hydrogen-bond donors (Lipinski definition) is 3. The van der Waals surface area contributed by atoms with Gasteiger partial charge in [0.05, 0.1) is 32.1 Å². The molecule has 3 N–H and O–H groups in total. The lowest BCUT2D eigenvalue weighted by Gasteiger charge is -2.27. The molecule has 0 aliphatic carbocycles. The van der Waals surface area contributed by atoms with Gasteiger partial charge in [0.25, 0.3) is 0 Å². The summed E-state index contributed by atoms with van der Waals surface area (Å²) < 4.78 is 12.8. The number of methoxy groups -OCH3 is 1. The topological polar surface area (TPSA) is 138 Å². The summed E-state index contributed by atoms with van der Waals surface area (Å²) in [6, 6.07) is 6.18. The quantitative estimate of drug-likeness (QED) is 0.363. The van der Waals surface area contributed by atoms with Crippen molar-refractivity contribution in [1.29, 1.82) is 0 Å². The molecule has 0 radical (unpaired) electrons. The zero-order valence-corrected chi connectivity index (χ0v) is 21.1. The highest BCUT2D eigenvalue weighted by Crippen LogP contribution is 2.32. The molecule has 12 heteroatoms. The number of likely N-dealkylation sites (N-methyl/N-ethyl adjacent to an activating group) is 1. The molecule has 3 heterocycles. The Balaban J connectivity index is 1.54. The SMILES string of the molecule is COc1ccc(C[C@@H](C(=O)N[C@H]2[C@@H](O)[C@H](n3cnc4c(N(C)C)ncnc43)O[C@@H]2CO)N(C)C)cc1.